The maximum atomic E-state index is 14.2. The monoisotopic (exact) mass is 690 g/mol. The average Bonchev–Trinajstić information content (AvgIpc) is 3.06. The van der Waals surface area contributed by atoms with Crippen molar-refractivity contribution >= 4 is 18.1 Å². The predicted molar refractivity (Wildman–Crippen MR) is 194 cm³/mol. The zero-order valence-electron chi connectivity index (χ0n) is 30.0. The Bertz CT molecular complexity index is 1470. The van der Waals surface area contributed by atoms with Gasteiger partial charge < -0.3 is 35.6 Å². The van der Waals surface area contributed by atoms with Crippen molar-refractivity contribution < 1.29 is 34.4 Å². The fraction of sp³-hybridized carbons (Fsp3) is 0.462. The third-order valence-electron chi connectivity index (χ3n) is 8.41. The number of benzene rings is 3. The van der Waals surface area contributed by atoms with Gasteiger partial charge in [-0.2, -0.15) is 0 Å². The topological polar surface area (TPSA) is 152 Å². The Morgan fingerprint density at radius 2 is 1.24 bits per heavy atom. The van der Waals surface area contributed by atoms with E-state index < -0.39 is 54.0 Å². The van der Waals surface area contributed by atoms with Crippen LogP contribution in [0.2, 0.25) is 0 Å². The molecule has 0 spiro atoms. The van der Waals surface area contributed by atoms with Crippen LogP contribution in [-0.4, -0.2) is 99.3 Å². The van der Waals surface area contributed by atoms with Crippen LogP contribution >= 0.6 is 0 Å². The number of aliphatic hydroxyl groups excluding tert-OH is 2. The molecule has 5 atom stereocenters. The van der Waals surface area contributed by atoms with Crippen molar-refractivity contribution in [2.45, 2.75) is 89.9 Å². The third kappa shape index (κ3) is 12.8. The lowest BCUT2D eigenvalue weighted by Crippen LogP contribution is -2.58. The fourth-order valence-electron chi connectivity index (χ4n) is 5.87. The largest absolute Gasteiger partial charge is 0.465 e. The third-order valence-corrected chi connectivity index (χ3v) is 8.41. The maximum Gasteiger partial charge on any atom is 0.408 e. The summed E-state index contributed by atoms with van der Waals surface area (Å²) < 4.78 is 5.44. The fourth-order valence-corrected chi connectivity index (χ4v) is 5.87. The molecule has 0 aliphatic rings. The van der Waals surface area contributed by atoms with E-state index in [1.54, 1.807) is 41.7 Å². The van der Waals surface area contributed by atoms with Gasteiger partial charge in [0.05, 0.1) is 24.3 Å². The highest BCUT2D eigenvalue weighted by Gasteiger charge is 2.38. The first-order chi connectivity index (χ1) is 23.7. The zero-order valence-corrected chi connectivity index (χ0v) is 30.0. The lowest BCUT2D eigenvalue weighted by atomic mass is 9.95. The number of ether oxygens (including phenoxy) is 1. The number of carbonyl (C=O) groups excluding carboxylic acids is 2. The molecule has 11 nitrogen and oxygen atoms in total. The highest BCUT2D eigenvalue weighted by Crippen LogP contribution is 2.21. The number of nitrogens with one attached hydrogen (secondary N) is 2. The molecule has 3 aromatic rings. The van der Waals surface area contributed by atoms with Gasteiger partial charge in [-0.15, -0.1) is 0 Å². The van der Waals surface area contributed by atoms with Crippen molar-refractivity contribution in [3.63, 3.8) is 0 Å². The minimum Gasteiger partial charge on any atom is -0.465 e. The summed E-state index contributed by atoms with van der Waals surface area (Å²) in [5.74, 6) is -0.783. The van der Waals surface area contributed by atoms with Crippen LogP contribution in [-0.2, 0) is 28.9 Å². The normalized spacial score (nSPS) is 14.6. The number of likely N-dealkylation sites (N-methyl/N-ethyl adjacent to an activating group) is 1. The van der Waals surface area contributed by atoms with Gasteiger partial charge in [0.15, 0.2) is 0 Å². The van der Waals surface area contributed by atoms with Gasteiger partial charge in [0, 0.05) is 26.7 Å². The molecule has 5 N–H and O–H groups in total. The molecular formula is C39H54N4O7. The molecule has 0 bridgehead atoms. The van der Waals surface area contributed by atoms with E-state index in [-0.39, 0.29) is 25.6 Å². The van der Waals surface area contributed by atoms with Crippen molar-refractivity contribution in [2.24, 2.45) is 5.92 Å². The lowest BCUT2D eigenvalue weighted by Gasteiger charge is -2.39. The van der Waals surface area contributed by atoms with Gasteiger partial charge in [-0.05, 0) is 56.2 Å². The van der Waals surface area contributed by atoms with Crippen molar-refractivity contribution in [3.8, 4) is 0 Å². The highest BCUT2D eigenvalue weighted by atomic mass is 16.6. The highest BCUT2D eigenvalue weighted by molar-refractivity contribution is 5.85. The molecule has 0 fully saturated rings. The first-order valence-corrected chi connectivity index (χ1v) is 17.1. The summed E-state index contributed by atoms with van der Waals surface area (Å²) in [6.07, 6.45) is -3.35. The van der Waals surface area contributed by atoms with Crippen LogP contribution in [0.4, 0.5) is 9.59 Å². The van der Waals surface area contributed by atoms with E-state index in [1.807, 2.05) is 91.0 Å². The van der Waals surface area contributed by atoms with Crippen LogP contribution < -0.4 is 10.6 Å². The number of amides is 3. The van der Waals surface area contributed by atoms with E-state index in [9.17, 15) is 29.7 Å². The van der Waals surface area contributed by atoms with Gasteiger partial charge in [-0.3, -0.25) is 9.69 Å². The summed E-state index contributed by atoms with van der Waals surface area (Å²) in [6, 6.07) is 25.6. The lowest BCUT2D eigenvalue weighted by molar-refractivity contribution is -0.141. The number of carbonyl (C=O) groups is 3. The molecule has 0 saturated heterocycles. The molecule has 272 valence electrons. The molecule has 0 aromatic heterocycles. The second kappa shape index (κ2) is 19.1. The Balaban J connectivity index is 1.78. The van der Waals surface area contributed by atoms with E-state index >= 15 is 0 Å². The smallest absolute Gasteiger partial charge is 0.408 e. The van der Waals surface area contributed by atoms with Crippen LogP contribution in [0.15, 0.2) is 91.0 Å². The van der Waals surface area contributed by atoms with E-state index in [0.29, 0.717) is 12.8 Å². The van der Waals surface area contributed by atoms with Gasteiger partial charge in [0.1, 0.15) is 11.6 Å². The second-order valence-corrected chi connectivity index (χ2v) is 14.0. The molecule has 0 heterocycles. The summed E-state index contributed by atoms with van der Waals surface area (Å²) in [5, 5.41) is 39.0. The number of alkyl carbamates (subject to hydrolysis) is 1. The number of carboxylic acid groups (broad SMARTS) is 1. The molecule has 0 saturated carbocycles. The van der Waals surface area contributed by atoms with Crippen LogP contribution in [0.3, 0.4) is 0 Å². The summed E-state index contributed by atoms with van der Waals surface area (Å²) in [4.78, 5) is 42.0. The van der Waals surface area contributed by atoms with Crippen molar-refractivity contribution in [1.82, 2.24) is 20.4 Å². The maximum absolute atomic E-state index is 14.2. The van der Waals surface area contributed by atoms with Gasteiger partial charge in [0.2, 0.25) is 5.91 Å². The van der Waals surface area contributed by atoms with E-state index in [0.717, 1.165) is 21.6 Å². The Morgan fingerprint density at radius 1 is 0.760 bits per heavy atom. The van der Waals surface area contributed by atoms with E-state index in [2.05, 4.69) is 10.6 Å². The van der Waals surface area contributed by atoms with Crippen LogP contribution in [0.1, 0.15) is 51.3 Å². The Hall–Kier alpha value is -4.45. The minimum atomic E-state index is -1.21. The Kier molecular flexibility index (Phi) is 15.3. The van der Waals surface area contributed by atoms with Crippen LogP contribution in [0.25, 0.3) is 0 Å². The SMILES string of the molecule is CC(C)[C@@H](C(=O)N(C)[C@@H](Cc1ccccc1)[C@H](O)CNC[C@@H](O)[C@H](Cc1ccccc1)NC(=O)OC(C)(C)C)N(Cc1ccccc1)C(=O)O. The summed E-state index contributed by atoms with van der Waals surface area (Å²) in [6.45, 7) is 8.97. The molecule has 3 aromatic carbocycles. The van der Waals surface area contributed by atoms with Gasteiger partial charge in [-0.25, -0.2) is 9.59 Å². The van der Waals surface area contributed by atoms with Crippen molar-refractivity contribution in [3.05, 3.63) is 108 Å². The van der Waals surface area contributed by atoms with Gasteiger partial charge in [0.25, 0.3) is 0 Å². The van der Waals surface area contributed by atoms with Crippen molar-refractivity contribution in [1.29, 1.82) is 0 Å². The van der Waals surface area contributed by atoms with E-state index in [1.165, 1.54) is 4.90 Å². The number of nitrogens with zero attached hydrogens (tertiary/aromatic N) is 2. The molecule has 3 rings (SSSR count). The first kappa shape index (κ1) is 40.0. The molecule has 0 radical (unpaired) electrons. The Labute approximate surface area is 296 Å². The standard InChI is InChI=1S/C39H54N4O7/c1-27(2)35(43(38(48)49)26-30-20-14-9-15-21-30)36(46)42(6)32(23-29-18-12-8-13-19-29)34(45)25-40-24-33(44)31(22-28-16-10-7-11-17-28)41-37(47)50-39(3,4)5/h7-21,27,31-35,40,44-45H,22-26H2,1-6H3,(H,41,47)(H,48,49)/t31-,32-,33+,34+,35-/m0/s1. The summed E-state index contributed by atoms with van der Waals surface area (Å²) >= 11 is 0. The summed E-state index contributed by atoms with van der Waals surface area (Å²) in [7, 11) is 1.59. The predicted octanol–water partition coefficient (Wildman–Crippen LogP) is 4.71. The minimum absolute atomic E-state index is 0.00960. The Morgan fingerprint density at radius 3 is 1.72 bits per heavy atom. The molecule has 50 heavy (non-hydrogen) atoms. The average molecular weight is 691 g/mol. The molecule has 3 amide bonds. The first-order valence-electron chi connectivity index (χ1n) is 17.1. The zero-order chi connectivity index (χ0) is 36.8. The van der Waals surface area contributed by atoms with E-state index in [4.69, 9.17) is 4.74 Å². The van der Waals surface area contributed by atoms with Gasteiger partial charge >= 0.3 is 12.2 Å². The van der Waals surface area contributed by atoms with Crippen molar-refractivity contribution in [2.75, 3.05) is 20.1 Å². The number of aliphatic hydroxyl groups is 2. The number of hydrogen-bond donors (Lipinski definition) is 5. The van der Waals surface area contributed by atoms with Crippen LogP contribution in [0.5, 0.6) is 0 Å². The number of rotatable bonds is 17. The second-order valence-electron chi connectivity index (χ2n) is 14.0. The summed E-state index contributed by atoms with van der Waals surface area (Å²) in [5.41, 5.74) is 1.84. The molecule has 11 heteroatoms. The molecule has 0 unspecified atom stereocenters. The quantitative estimate of drug-likeness (QED) is 0.137. The molecular weight excluding hydrogens is 636 g/mol. The van der Waals surface area contributed by atoms with Crippen LogP contribution in [0, 0.1) is 5.92 Å². The van der Waals surface area contributed by atoms with Gasteiger partial charge in [-0.1, -0.05) is 105 Å². The molecule has 0 aliphatic carbocycles. The molecule has 0 aliphatic heterocycles. The number of hydrogen-bond acceptors (Lipinski definition) is 7.